The summed E-state index contributed by atoms with van der Waals surface area (Å²) in [7, 11) is 0. The van der Waals surface area contributed by atoms with Crippen molar-refractivity contribution in [3.05, 3.63) is 33.9 Å². The van der Waals surface area contributed by atoms with E-state index in [2.05, 4.69) is 4.90 Å². The second kappa shape index (κ2) is 7.48. The molecule has 6 nitrogen and oxygen atoms in total. The lowest BCUT2D eigenvalue weighted by Crippen LogP contribution is -2.37. The summed E-state index contributed by atoms with van der Waals surface area (Å²) in [6, 6.07) is 4.73. The largest absolute Gasteiger partial charge is 0.358 e. The van der Waals surface area contributed by atoms with Crippen LogP contribution in [0.15, 0.2) is 18.2 Å². The van der Waals surface area contributed by atoms with Crippen molar-refractivity contribution in [2.24, 2.45) is 0 Å². The molecule has 0 spiro atoms. The average molecular weight is 365 g/mol. The zero-order valence-corrected chi connectivity index (χ0v) is 14.9. The van der Waals surface area contributed by atoms with Gasteiger partial charge in [0.1, 0.15) is 4.32 Å². The van der Waals surface area contributed by atoms with Crippen molar-refractivity contribution in [1.82, 2.24) is 4.90 Å². The van der Waals surface area contributed by atoms with Gasteiger partial charge in [0.2, 0.25) is 5.91 Å². The molecule has 8 heteroatoms. The van der Waals surface area contributed by atoms with Gasteiger partial charge in [0, 0.05) is 37.5 Å². The zero-order chi connectivity index (χ0) is 17.1. The minimum absolute atomic E-state index is 0.0105. The number of non-ortho nitro benzene ring substituents is 1. The number of carbonyl (C=O) groups excluding carboxylic acids is 1. The third kappa shape index (κ3) is 3.70. The number of nitro benzene ring substituents is 1. The molecular formula is C16H19N3O3S2. The Kier molecular flexibility index (Phi) is 5.35. The van der Waals surface area contributed by atoms with Crippen LogP contribution in [0, 0.1) is 10.1 Å². The maximum atomic E-state index is 12.6. The van der Waals surface area contributed by atoms with Gasteiger partial charge in [-0.3, -0.25) is 14.9 Å². The van der Waals surface area contributed by atoms with Crippen molar-refractivity contribution >= 4 is 45.6 Å². The molecule has 2 aliphatic rings. The smallest absolute Gasteiger partial charge is 0.269 e. The van der Waals surface area contributed by atoms with Crippen LogP contribution in [0.4, 0.5) is 11.4 Å². The second-order valence-electron chi connectivity index (χ2n) is 5.97. The molecule has 1 amide bonds. The van der Waals surface area contributed by atoms with Gasteiger partial charge in [-0.25, -0.2) is 0 Å². The fourth-order valence-electron chi connectivity index (χ4n) is 3.15. The highest BCUT2D eigenvalue weighted by Gasteiger charge is 2.25. The van der Waals surface area contributed by atoms with Crippen LogP contribution in [0.25, 0.3) is 0 Å². The van der Waals surface area contributed by atoms with Gasteiger partial charge in [0.25, 0.3) is 5.69 Å². The quantitative estimate of drug-likeness (QED) is 0.466. The Morgan fingerprint density at radius 2 is 2.00 bits per heavy atom. The van der Waals surface area contributed by atoms with E-state index in [4.69, 9.17) is 12.2 Å². The Morgan fingerprint density at radius 3 is 2.71 bits per heavy atom. The van der Waals surface area contributed by atoms with Crippen LogP contribution < -0.4 is 4.90 Å². The van der Waals surface area contributed by atoms with Crippen molar-refractivity contribution in [1.29, 1.82) is 0 Å². The predicted molar refractivity (Wildman–Crippen MR) is 99.6 cm³/mol. The molecule has 0 saturated carbocycles. The summed E-state index contributed by atoms with van der Waals surface area (Å²) < 4.78 is 0.793. The Morgan fingerprint density at radius 1 is 1.25 bits per heavy atom. The van der Waals surface area contributed by atoms with Crippen molar-refractivity contribution in [3.8, 4) is 0 Å². The molecule has 0 N–H and O–H groups in total. The van der Waals surface area contributed by atoms with Gasteiger partial charge in [-0.15, -0.1) is 0 Å². The Bertz CT molecular complexity index is 675. The monoisotopic (exact) mass is 365 g/mol. The summed E-state index contributed by atoms with van der Waals surface area (Å²) in [5, 5.41) is 10.9. The molecular weight excluding hydrogens is 346 g/mol. The summed E-state index contributed by atoms with van der Waals surface area (Å²) in [4.78, 5) is 27.0. The number of thiocarbonyl (C=S) groups is 1. The van der Waals surface area contributed by atoms with E-state index in [0.29, 0.717) is 12.3 Å². The first-order valence-corrected chi connectivity index (χ1v) is 9.45. The summed E-state index contributed by atoms with van der Waals surface area (Å²) in [6.45, 7) is 2.62. The van der Waals surface area contributed by atoms with E-state index in [9.17, 15) is 14.9 Å². The highest BCUT2D eigenvalue weighted by Crippen LogP contribution is 2.31. The number of fused-ring (bicyclic) bond motifs is 1. The van der Waals surface area contributed by atoms with E-state index >= 15 is 0 Å². The van der Waals surface area contributed by atoms with Gasteiger partial charge in [0.05, 0.1) is 10.7 Å². The highest BCUT2D eigenvalue weighted by molar-refractivity contribution is 8.23. The molecule has 2 heterocycles. The zero-order valence-electron chi connectivity index (χ0n) is 13.3. The summed E-state index contributed by atoms with van der Waals surface area (Å²) >= 11 is 6.82. The maximum absolute atomic E-state index is 12.6. The van der Waals surface area contributed by atoms with Crippen molar-refractivity contribution in [2.75, 3.05) is 30.3 Å². The molecule has 0 atom stereocenters. The number of thioether (sulfide) groups is 1. The topological polar surface area (TPSA) is 66.7 Å². The number of benzene rings is 1. The van der Waals surface area contributed by atoms with Crippen molar-refractivity contribution in [2.45, 2.75) is 25.7 Å². The lowest BCUT2D eigenvalue weighted by atomic mass is 10.0. The number of amides is 1. The van der Waals surface area contributed by atoms with Crippen LogP contribution in [0.3, 0.4) is 0 Å². The Balaban J connectivity index is 1.66. The van der Waals surface area contributed by atoms with Gasteiger partial charge in [-0.05, 0) is 37.3 Å². The maximum Gasteiger partial charge on any atom is 0.269 e. The number of hydrogen-bond acceptors (Lipinski definition) is 5. The van der Waals surface area contributed by atoms with Gasteiger partial charge in [-0.2, -0.15) is 0 Å². The normalized spacial score (nSPS) is 16.8. The van der Waals surface area contributed by atoms with Gasteiger partial charge in [-0.1, -0.05) is 24.0 Å². The van der Waals surface area contributed by atoms with E-state index in [1.165, 1.54) is 17.8 Å². The first-order chi connectivity index (χ1) is 11.6. The molecule has 1 saturated heterocycles. The lowest BCUT2D eigenvalue weighted by Gasteiger charge is -2.29. The molecule has 1 aromatic carbocycles. The third-order valence-corrected chi connectivity index (χ3v) is 5.89. The van der Waals surface area contributed by atoms with Gasteiger partial charge >= 0.3 is 0 Å². The molecule has 0 aliphatic carbocycles. The number of rotatable bonds is 3. The van der Waals surface area contributed by atoms with Crippen LogP contribution in [0.1, 0.15) is 24.8 Å². The molecule has 0 bridgehead atoms. The van der Waals surface area contributed by atoms with E-state index in [0.717, 1.165) is 54.3 Å². The lowest BCUT2D eigenvalue weighted by molar-refractivity contribution is -0.384. The van der Waals surface area contributed by atoms with Crippen LogP contribution in [0.5, 0.6) is 0 Å². The van der Waals surface area contributed by atoms with Crippen LogP contribution in [0.2, 0.25) is 0 Å². The van der Waals surface area contributed by atoms with Crippen molar-refractivity contribution < 1.29 is 9.72 Å². The molecule has 3 rings (SSSR count). The van der Waals surface area contributed by atoms with E-state index in [-0.39, 0.29) is 11.6 Å². The fourth-order valence-corrected chi connectivity index (χ4v) is 4.28. The number of nitrogens with zero attached hydrogens (tertiary/aromatic N) is 3. The Labute approximate surface area is 150 Å². The predicted octanol–water partition coefficient (Wildman–Crippen LogP) is 2.99. The van der Waals surface area contributed by atoms with Crippen LogP contribution in [-0.4, -0.2) is 45.4 Å². The average Bonchev–Trinajstić information content (AvgIpc) is 3.13. The number of nitro groups is 1. The molecule has 1 fully saturated rings. The van der Waals surface area contributed by atoms with E-state index < -0.39 is 4.92 Å². The number of anilines is 1. The number of carbonyl (C=O) groups is 1. The van der Waals surface area contributed by atoms with E-state index in [1.54, 1.807) is 17.0 Å². The highest BCUT2D eigenvalue weighted by atomic mass is 32.2. The molecule has 0 radical (unpaired) electrons. The molecule has 1 aromatic rings. The third-order valence-electron chi connectivity index (χ3n) is 4.38. The minimum Gasteiger partial charge on any atom is -0.358 e. The standard InChI is InChI=1S/C16H19N3O3S2/c20-15(11-24-16(23)17-7-1-2-8-17)18-9-3-4-12-10-13(19(21)22)5-6-14(12)18/h5-6,10H,1-4,7-9,11H2. The fraction of sp³-hybridized carbons (Fsp3) is 0.500. The van der Waals surface area contributed by atoms with E-state index in [1.807, 2.05) is 0 Å². The number of likely N-dealkylation sites (tertiary alicyclic amines) is 1. The Hall–Kier alpha value is -1.67. The molecule has 128 valence electrons. The van der Waals surface area contributed by atoms with Gasteiger partial charge in [0.15, 0.2) is 0 Å². The SMILES string of the molecule is O=C(CSC(=S)N1CCCC1)N1CCCc2cc([N+](=O)[O-])ccc21. The van der Waals surface area contributed by atoms with Crippen molar-refractivity contribution in [3.63, 3.8) is 0 Å². The molecule has 0 unspecified atom stereocenters. The number of aryl methyl sites for hydroxylation is 1. The molecule has 24 heavy (non-hydrogen) atoms. The first kappa shape index (κ1) is 17.2. The summed E-state index contributed by atoms with van der Waals surface area (Å²) in [5.41, 5.74) is 1.74. The summed E-state index contributed by atoms with van der Waals surface area (Å²) in [5.74, 6) is 0.322. The first-order valence-electron chi connectivity index (χ1n) is 8.05. The van der Waals surface area contributed by atoms with Gasteiger partial charge < -0.3 is 9.80 Å². The molecule has 2 aliphatic heterocycles. The molecule has 0 aromatic heterocycles. The van der Waals surface area contributed by atoms with Crippen LogP contribution in [-0.2, 0) is 11.2 Å². The summed E-state index contributed by atoms with van der Waals surface area (Å²) in [6.07, 6.45) is 3.90. The van der Waals surface area contributed by atoms with Crippen LogP contribution >= 0.6 is 24.0 Å². The number of hydrogen-bond donors (Lipinski definition) is 0. The second-order valence-corrected chi connectivity index (χ2v) is 7.58. The minimum atomic E-state index is -0.397.